The predicted molar refractivity (Wildman–Crippen MR) is 82.9 cm³/mol. The van der Waals surface area contributed by atoms with Crippen molar-refractivity contribution < 1.29 is 9.84 Å². The third-order valence-electron chi connectivity index (χ3n) is 3.53. The van der Waals surface area contributed by atoms with Crippen LogP contribution >= 0.6 is 11.6 Å². The quantitative estimate of drug-likeness (QED) is 0.850. The van der Waals surface area contributed by atoms with E-state index < -0.39 is 0 Å². The number of imidazole rings is 1. The Balaban J connectivity index is 2.29. The summed E-state index contributed by atoms with van der Waals surface area (Å²) in [6.45, 7) is 4.37. The first-order valence-electron chi connectivity index (χ1n) is 6.96. The van der Waals surface area contributed by atoms with Crippen molar-refractivity contribution in [3.63, 3.8) is 0 Å². The van der Waals surface area contributed by atoms with Gasteiger partial charge in [-0.15, -0.1) is 0 Å². The van der Waals surface area contributed by atoms with Crippen molar-refractivity contribution in [2.24, 2.45) is 0 Å². The van der Waals surface area contributed by atoms with Crippen LogP contribution in [-0.2, 0) is 4.74 Å². The molecule has 0 saturated heterocycles. The van der Waals surface area contributed by atoms with E-state index in [9.17, 15) is 5.11 Å². The number of likely N-dealkylation sites (N-methyl/N-ethyl adjacent to an activating group) is 1. The number of pyridine rings is 1. The molecule has 0 fully saturated rings. The monoisotopic (exact) mass is 312 g/mol. The molecule has 0 amide bonds. The highest BCUT2D eigenvalue weighted by molar-refractivity contribution is 6.31. The van der Waals surface area contributed by atoms with Gasteiger partial charge in [0.15, 0.2) is 5.65 Å². The van der Waals surface area contributed by atoms with Crippen LogP contribution in [0.25, 0.3) is 11.2 Å². The maximum absolute atomic E-state index is 10.1. The number of hydrogen-bond donors (Lipinski definition) is 1. The molecule has 6 nitrogen and oxygen atoms in total. The fraction of sp³-hybridized carbons (Fsp3) is 0.571. The summed E-state index contributed by atoms with van der Waals surface area (Å²) in [6.07, 6.45) is 2.40. The number of fused-ring (bicyclic) bond motifs is 1. The maximum Gasteiger partial charge on any atom is 0.296 e. The minimum Gasteiger partial charge on any atom is -0.480 e. The third kappa shape index (κ3) is 3.64. The van der Waals surface area contributed by atoms with E-state index in [0.29, 0.717) is 17.3 Å². The Bertz CT molecular complexity index is 602. The average Bonchev–Trinajstić information content (AvgIpc) is 2.78. The van der Waals surface area contributed by atoms with Crippen molar-refractivity contribution in [3.05, 3.63) is 17.3 Å². The lowest BCUT2D eigenvalue weighted by Crippen LogP contribution is -2.30. The summed E-state index contributed by atoms with van der Waals surface area (Å²) in [7, 11) is 3.72. The van der Waals surface area contributed by atoms with Crippen molar-refractivity contribution in [1.82, 2.24) is 19.4 Å². The zero-order valence-electron chi connectivity index (χ0n) is 12.6. The SMILES string of the molecule is CC[C@H](CN(C)CCOC)n1c(O)nc2ncc(Cl)cc21. The number of halogens is 1. The van der Waals surface area contributed by atoms with Crippen LogP contribution in [0.2, 0.25) is 5.02 Å². The van der Waals surface area contributed by atoms with Gasteiger partial charge >= 0.3 is 0 Å². The lowest BCUT2D eigenvalue weighted by molar-refractivity contribution is 0.151. The second kappa shape index (κ2) is 7.06. The van der Waals surface area contributed by atoms with Gasteiger partial charge < -0.3 is 14.7 Å². The summed E-state index contributed by atoms with van der Waals surface area (Å²) >= 11 is 6.01. The van der Waals surface area contributed by atoms with Crippen molar-refractivity contribution in [3.8, 4) is 6.01 Å². The molecule has 1 atom stereocenters. The number of aromatic hydroxyl groups is 1. The Labute approximate surface area is 129 Å². The molecular formula is C14H21ClN4O2. The molecule has 0 aliphatic carbocycles. The first kappa shape index (κ1) is 16.0. The molecule has 0 aromatic carbocycles. The van der Waals surface area contributed by atoms with Gasteiger partial charge in [0.05, 0.1) is 23.2 Å². The highest BCUT2D eigenvalue weighted by atomic mass is 35.5. The van der Waals surface area contributed by atoms with Gasteiger partial charge in [-0.25, -0.2) is 4.98 Å². The van der Waals surface area contributed by atoms with Crippen molar-refractivity contribution in [2.75, 3.05) is 33.9 Å². The number of aromatic nitrogens is 3. The third-order valence-corrected chi connectivity index (χ3v) is 3.74. The fourth-order valence-corrected chi connectivity index (χ4v) is 2.54. The van der Waals surface area contributed by atoms with E-state index in [1.54, 1.807) is 17.7 Å². The molecule has 0 spiro atoms. The standard InChI is InChI=1S/C14H21ClN4O2/c1-4-11(9-18(2)5-6-21-3)19-12-7-10(15)8-16-13(12)17-14(19)20/h7-8,11H,4-6,9H2,1-3H3,(H,16,17,20)/t11-/m1/s1. The van der Waals surface area contributed by atoms with E-state index >= 15 is 0 Å². The van der Waals surface area contributed by atoms with Crippen molar-refractivity contribution in [2.45, 2.75) is 19.4 Å². The van der Waals surface area contributed by atoms with Crippen LogP contribution in [0.4, 0.5) is 0 Å². The minimum atomic E-state index is -0.0215. The zero-order valence-corrected chi connectivity index (χ0v) is 13.3. The van der Waals surface area contributed by atoms with E-state index in [1.807, 2.05) is 7.05 Å². The summed E-state index contributed by atoms with van der Waals surface area (Å²) in [4.78, 5) is 10.4. The summed E-state index contributed by atoms with van der Waals surface area (Å²) in [5.74, 6) is 0. The van der Waals surface area contributed by atoms with Crippen LogP contribution in [0.5, 0.6) is 6.01 Å². The van der Waals surface area contributed by atoms with Gasteiger partial charge in [-0.3, -0.25) is 4.57 Å². The number of hydrogen-bond acceptors (Lipinski definition) is 5. The van der Waals surface area contributed by atoms with Crippen LogP contribution in [-0.4, -0.2) is 58.4 Å². The summed E-state index contributed by atoms with van der Waals surface area (Å²) in [5.41, 5.74) is 1.27. The van der Waals surface area contributed by atoms with Crippen molar-refractivity contribution >= 4 is 22.8 Å². The van der Waals surface area contributed by atoms with E-state index in [4.69, 9.17) is 16.3 Å². The molecule has 2 rings (SSSR count). The summed E-state index contributed by atoms with van der Waals surface area (Å²) in [5, 5.41) is 10.7. The van der Waals surface area contributed by atoms with Crippen LogP contribution in [0.15, 0.2) is 12.3 Å². The number of methoxy groups -OCH3 is 1. The molecule has 2 aromatic rings. The lowest BCUT2D eigenvalue weighted by Gasteiger charge is -2.24. The zero-order chi connectivity index (χ0) is 15.4. The number of rotatable bonds is 7. The van der Waals surface area contributed by atoms with Gasteiger partial charge in [-0.2, -0.15) is 4.98 Å². The largest absolute Gasteiger partial charge is 0.480 e. The highest BCUT2D eigenvalue weighted by Crippen LogP contribution is 2.28. The number of nitrogens with zero attached hydrogens (tertiary/aromatic N) is 4. The smallest absolute Gasteiger partial charge is 0.296 e. The van der Waals surface area contributed by atoms with Crippen LogP contribution in [0.3, 0.4) is 0 Å². The van der Waals surface area contributed by atoms with Gasteiger partial charge in [0.25, 0.3) is 6.01 Å². The maximum atomic E-state index is 10.1. The van der Waals surface area contributed by atoms with E-state index in [1.165, 1.54) is 6.20 Å². The first-order chi connectivity index (χ1) is 10.1. The topological polar surface area (TPSA) is 63.4 Å². The van der Waals surface area contributed by atoms with Crippen molar-refractivity contribution in [1.29, 1.82) is 0 Å². The Morgan fingerprint density at radius 1 is 1.52 bits per heavy atom. The highest BCUT2D eigenvalue weighted by Gasteiger charge is 2.20. The second-order valence-corrected chi connectivity index (χ2v) is 5.53. The Kier molecular flexibility index (Phi) is 5.39. The van der Waals surface area contributed by atoms with Gasteiger partial charge in [-0.1, -0.05) is 18.5 Å². The Morgan fingerprint density at radius 2 is 2.29 bits per heavy atom. The predicted octanol–water partition coefficient (Wildman–Crippen LogP) is 2.32. The molecule has 116 valence electrons. The minimum absolute atomic E-state index is 0.0215. The normalized spacial score (nSPS) is 13.2. The lowest BCUT2D eigenvalue weighted by atomic mass is 10.2. The van der Waals surface area contributed by atoms with Crippen LogP contribution in [0.1, 0.15) is 19.4 Å². The molecule has 0 saturated carbocycles. The molecular weight excluding hydrogens is 292 g/mol. The molecule has 1 N–H and O–H groups in total. The summed E-state index contributed by atoms with van der Waals surface area (Å²) in [6, 6.07) is 1.86. The molecule has 21 heavy (non-hydrogen) atoms. The van der Waals surface area contributed by atoms with Gasteiger partial charge in [0.2, 0.25) is 0 Å². The molecule has 0 aliphatic heterocycles. The first-order valence-corrected chi connectivity index (χ1v) is 7.34. The van der Waals surface area contributed by atoms with E-state index in [2.05, 4.69) is 21.8 Å². The molecule has 2 heterocycles. The molecule has 2 aromatic heterocycles. The van der Waals surface area contributed by atoms with Gasteiger partial charge in [0.1, 0.15) is 0 Å². The van der Waals surface area contributed by atoms with E-state index in [0.717, 1.165) is 25.0 Å². The average molecular weight is 313 g/mol. The van der Waals surface area contributed by atoms with Gasteiger partial charge in [0, 0.05) is 26.4 Å². The number of ether oxygens (including phenoxy) is 1. The molecule has 7 heteroatoms. The van der Waals surface area contributed by atoms with Gasteiger partial charge in [-0.05, 0) is 19.5 Å². The molecule has 0 radical (unpaired) electrons. The molecule has 0 bridgehead atoms. The Morgan fingerprint density at radius 3 is 2.95 bits per heavy atom. The van der Waals surface area contributed by atoms with Crippen LogP contribution in [0, 0.1) is 0 Å². The van der Waals surface area contributed by atoms with Crippen LogP contribution < -0.4 is 0 Å². The molecule has 0 aliphatic rings. The second-order valence-electron chi connectivity index (χ2n) is 5.10. The molecule has 0 unspecified atom stereocenters. The van der Waals surface area contributed by atoms with E-state index in [-0.39, 0.29) is 12.1 Å². The fourth-order valence-electron chi connectivity index (χ4n) is 2.39. The Hall–Kier alpha value is -1.37. The summed E-state index contributed by atoms with van der Waals surface area (Å²) < 4.78 is 6.89.